The third-order valence-corrected chi connectivity index (χ3v) is 8.00. The van der Waals surface area contributed by atoms with Crippen molar-refractivity contribution in [3.63, 3.8) is 0 Å². The van der Waals surface area contributed by atoms with Crippen LogP contribution < -0.4 is 5.32 Å². The van der Waals surface area contributed by atoms with Gasteiger partial charge in [-0.25, -0.2) is 9.50 Å². The smallest absolute Gasteiger partial charge is 0.164 e. The van der Waals surface area contributed by atoms with Crippen molar-refractivity contribution in [1.29, 1.82) is 0 Å². The highest BCUT2D eigenvalue weighted by Gasteiger charge is 2.37. The lowest BCUT2D eigenvalue weighted by Crippen LogP contribution is -2.42. The molecule has 186 valence electrons. The first-order chi connectivity index (χ1) is 18.8. The molecule has 2 N–H and O–H groups in total. The molecule has 0 spiro atoms. The molecule has 0 aliphatic carbocycles. The molecule has 2 saturated heterocycles. The van der Waals surface area contributed by atoms with Gasteiger partial charge in [-0.15, -0.1) is 0 Å². The maximum atomic E-state index is 5.17. The molecular weight excluding hydrogens is 472 g/mol. The Kier molecular flexibility index (Phi) is 4.89. The number of aromatic nitrogens is 6. The minimum Gasteiger partial charge on any atom is -0.311 e. The van der Waals surface area contributed by atoms with Gasteiger partial charge in [0.05, 0.1) is 23.0 Å². The first-order valence-electron chi connectivity index (χ1n) is 13.1. The van der Waals surface area contributed by atoms with Gasteiger partial charge in [0, 0.05) is 66.8 Å². The van der Waals surface area contributed by atoms with Gasteiger partial charge in [0.15, 0.2) is 5.65 Å². The Balaban J connectivity index is 1.29. The fourth-order valence-electron chi connectivity index (χ4n) is 6.21. The number of fused-ring (bicyclic) bond motifs is 4. The standard InChI is InChI=1S/C30H26N8/c1-3-19(17-37-18-22-14-23(37)15-33-22)13-21(4-1)27-9-12-32-30-28(24-5-2-6-26-25(24)16-34-35-26)29(36-38(27)30)20-7-10-31-11-8-20/h1-13,16,22-23,33H,14-15,17-18H2,(H,34,35)/t22-,23?/m0/s1. The molecule has 4 aromatic heterocycles. The highest BCUT2D eigenvalue weighted by atomic mass is 15.3. The zero-order chi connectivity index (χ0) is 25.1. The van der Waals surface area contributed by atoms with Crippen molar-refractivity contribution < 1.29 is 0 Å². The second kappa shape index (κ2) is 8.58. The molecule has 2 aromatic carbocycles. The first-order valence-corrected chi connectivity index (χ1v) is 13.1. The number of H-pyrrole nitrogens is 1. The van der Waals surface area contributed by atoms with Crippen molar-refractivity contribution in [2.45, 2.75) is 25.0 Å². The van der Waals surface area contributed by atoms with Gasteiger partial charge < -0.3 is 5.32 Å². The fraction of sp³-hybridized carbons (Fsp3) is 0.200. The number of hydrogen-bond acceptors (Lipinski definition) is 6. The van der Waals surface area contributed by atoms with Gasteiger partial charge in [0.25, 0.3) is 0 Å². The largest absolute Gasteiger partial charge is 0.311 e. The van der Waals surface area contributed by atoms with Gasteiger partial charge in [-0.2, -0.15) is 10.2 Å². The number of aromatic amines is 1. The van der Waals surface area contributed by atoms with Crippen LogP contribution in [0.4, 0.5) is 0 Å². The molecule has 2 aliphatic rings. The molecule has 6 heterocycles. The molecule has 2 atom stereocenters. The van der Waals surface area contributed by atoms with E-state index in [-0.39, 0.29) is 0 Å². The van der Waals surface area contributed by atoms with Crippen molar-refractivity contribution in [2.75, 3.05) is 13.1 Å². The van der Waals surface area contributed by atoms with E-state index in [1.165, 1.54) is 12.0 Å². The van der Waals surface area contributed by atoms with Crippen LogP contribution in [0.3, 0.4) is 0 Å². The van der Waals surface area contributed by atoms with Crippen LogP contribution in [0, 0.1) is 0 Å². The Bertz CT molecular complexity index is 1790. The summed E-state index contributed by atoms with van der Waals surface area (Å²) in [6, 6.07) is 22.4. The number of nitrogens with zero attached hydrogens (tertiary/aromatic N) is 6. The van der Waals surface area contributed by atoms with Gasteiger partial charge in [-0.3, -0.25) is 15.0 Å². The van der Waals surface area contributed by atoms with Crippen LogP contribution in [0.5, 0.6) is 0 Å². The summed E-state index contributed by atoms with van der Waals surface area (Å²) in [5.74, 6) is 0. The summed E-state index contributed by atoms with van der Waals surface area (Å²) >= 11 is 0. The maximum absolute atomic E-state index is 5.17. The van der Waals surface area contributed by atoms with Crippen LogP contribution >= 0.6 is 0 Å². The average Bonchev–Trinajstić information content (AvgIpc) is 3.76. The quantitative estimate of drug-likeness (QED) is 0.363. The Labute approximate surface area is 219 Å². The molecule has 0 radical (unpaired) electrons. The summed E-state index contributed by atoms with van der Waals surface area (Å²) in [5.41, 5.74) is 9.18. The molecule has 1 unspecified atom stereocenters. The van der Waals surface area contributed by atoms with E-state index in [9.17, 15) is 0 Å². The van der Waals surface area contributed by atoms with E-state index in [1.54, 1.807) is 12.4 Å². The number of pyridine rings is 1. The number of rotatable bonds is 5. The molecule has 8 heteroatoms. The van der Waals surface area contributed by atoms with Crippen molar-refractivity contribution in [1.82, 2.24) is 40.0 Å². The second-order valence-corrected chi connectivity index (χ2v) is 10.3. The summed E-state index contributed by atoms with van der Waals surface area (Å²) in [6.45, 7) is 3.21. The second-order valence-electron chi connectivity index (χ2n) is 10.3. The Morgan fingerprint density at radius 2 is 1.87 bits per heavy atom. The lowest BCUT2D eigenvalue weighted by atomic mass is 9.99. The van der Waals surface area contributed by atoms with E-state index in [0.717, 1.165) is 69.8 Å². The fourth-order valence-corrected chi connectivity index (χ4v) is 6.21. The SMILES string of the molecule is c1cc(CN2C[C@@H]3CC2CN3)cc(-c2ccnc3c(-c4cccc5[nH]ncc45)c(-c4ccncc4)nn23)c1. The Morgan fingerprint density at radius 3 is 2.74 bits per heavy atom. The summed E-state index contributed by atoms with van der Waals surface area (Å²) in [4.78, 5) is 11.7. The Morgan fingerprint density at radius 1 is 0.947 bits per heavy atom. The van der Waals surface area contributed by atoms with E-state index in [4.69, 9.17) is 10.1 Å². The minimum absolute atomic E-state index is 0.650. The lowest BCUT2D eigenvalue weighted by Gasteiger charge is -2.27. The predicted octanol–water partition coefficient (Wildman–Crippen LogP) is 4.55. The van der Waals surface area contributed by atoms with E-state index in [1.807, 2.05) is 41.2 Å². The van der Waals surface area contributed by atoms with Gasteiger partial charge in [-0.1, -0.05) is 30.3 Å². The number of likely N-dealkylation sites (tertiary alicyclic amines) is 1. The van der Waals surface area contributed by atoms with Gasteiger partial charge >= 0.3 is 0 Å². The monoisotopic (exact) mass is 498 g/mol. The average molecular weight is 499 g/mol. The summed E-state index contributed by atoms with van der Waals surface area (Å²) in [6.07, 6.45) is 8.64. The molecule has 2 bridgehead atoms. The van der Waals surface area contributed by atoms with Crippen molar-refractivity contribution in [2.24, 2.45) is 0 Å². The van der Waals surface area contributed by atoms with Crippen molar-refractivity contribution in [3.8, 4) is 33.6 Å². The highest BCUT2D eigenvalue weighted by Crippen LogP contribution is 2.39. The molecule has 0 amide bonds. The highest BCUT2D eigenvalue weighted by molar-refractivity contribution is 6.02. The molecule has 8 nitrogen and oxygen atoms in total. The van der Waals surface area contributed by atoms with Crippen LogP contribution in [-0.2, 0) is 6.54 Å². The zero-order valence-corrected chi connectivity index (χ0v) is 20.7. The predicted molar refractivity (Wildman–Crippen MR) is 147 cm³/mol. The van der Waals surface area contributed by atoms with Crippen LogP contribution in [0.1, 0.15) is 12.0 Å². The van der Waals surface area contributed by atoms with Crippen LogP contribution in [-0.4, -0.2) is 59.9 Å². The maximum Gasteiger partial charge on any atom is 0.164 e. The van der Waals surface area contributed by atoms with Crippen molar-refractivity contribution in [3.05, 3.63) is 91.0 Å². The molecule has 2 fully saturated rings. The molecule has 8 rings (SSSR count). The summed E-state index contributed by atoms with van der Waals surface area (Å²) < 4.78 is 1.99. The normalized spacial score (nSPS) is 19.2. The number of benzene rings is 2. The van der Waals surface area contributed by atoms with Crippen LogP contribution in [0.15, 0.2) is 85.5 Å². The summed E-state index contributed by atoms with van der Waals surface area (Å²) in [5, 5.41) is 17.2. The molecule has 2 aliphatic heterocycles. The van der Waals surface area contributed by atoms with E-state index >= 15 is 0 Å². The number of nitrogens with one attached hydrogen (secondary N) is 2. The molecular formula is C30H26N8. The van der Waals surface area contributed by atoms with E-state index < -0.39 is 0 Å². The van der Waals surface area contributed by atoms with Gasteiger partial charge in [0.2, 0.25) is 0 Å². The van der Waals surface area contributed by atoms with Gasteiger partial charge in [0.1, 0.15) is 5.69 Å². The van der Waals surface area contributed by atoms with E-state index in [2.05, 4.69) is 61.8 Å². The molecule has 38 heavy (non-hydrogen) atoms. The summed E-state index contributed by atoms with van der Waals surface area (Å²) in [7, 11) is 0. The van der Waals surface area contributed by atoms with Crippen LogP contribution in [0.2, 0.25) is 0 Å². The zero-order valence-electron chi connectivity index (χ0n) is 20.7. The number of piperazine rings is 1. The third-order valence-electron chi connectivity index (χ3n) is 8.00. The minimum atomic E-state index is 0.650. The topological polar surface area (TPSA) is 87.0 Å². The van der Waals surface area contributed by atoms with Crippen molar-refractivity contribution >= 4 is 16.6 Å². The van der Waals surface area contributed by atoms with E-state index in [0.29, 0.717) is 12.1 Å². The first kappa shape index (κ1) is 21.7. The lowest BCUT2D eigenvalue weighted by molar-refractivity contribution is 0.218. The Hall–Kier alpha value is -4.40. The molecule has 0 saturated carbocycles. The number of hydrogen-bond donors (Lipinski definition) is 2. The molecule has 6 aromatic rings. The van der Waals surface area contributed by atoms with Crippen LogP contribution in [0.25, 0.3) is 50.2 Å². The van der Waals surface area contributed by atoms with Gasteiger partial charge in [-0.05, 0) is 47.9 Å². The third kappa shape index (κ3) is 3.45.